The fraction of sp³-hybridized carbons (Fsp3) is 0.625. The van der Waals surface area contributed by atoms with Crippen LogP contribution in [0.5, 0.6) is 0 Å². The maximum Gasteiger partial charge on any atom is 0.328 e. The molecule has 122 valence electrons. The maximum absolute atomic E-state index is 12.7. The summed E-state index contributed by atoms with van der Waals surface area (Å²) >= 11 is 1.56. The lowest BCUT2D eigenvalue weighted by Crippen LogP contribution is -2.30. The minimum Gasteiger partial charge on any atom is -0.461 e. The molecule has 0 aliphatic heterocycles. The molecule has 0 aromatic carbocycles. The Morgan fingerprint density at radius 2 is 2.00 bits per heavy atom. The van der Waals surface area contributed by atoms with Crippen molar-refractivity contribution in [3.05, 3.63) is 20.8 Å². The fourth-order valence-electron chi connectivity index (χ4n) is 3.56. The van der Waals surface area contributed by atoms with Crippen molar-refractivity contribution < 1.29 is 9.53 Å². The van der Waals surface area contributed by atoms with Gasteiger partial charge in [-0.1, -0.05) is 5.21 Å². The number of nitrogens with zero attached hydrogens (tertiary/aromatic N) is 3. The highest BCUT2D eigenvalue weighted by Crippen LogP contribution is 2.33. The number of aryl methyl sites for hydroxylation is 2. The number of carbonyl (C=O) groups excluding carboxylic acids is 1. The molecule has 0 N–H and O–H groups in total. The highest BCUT2D eigenvalue weighted by Gasteiger charge is 2.23. The predicted octanol–water partition coefficient (Wildman–Crippen LogP) is 2.22. The normalized spacial score (nSPS) is 18.3. The Morgan fingerprint density at radius 3 is 2.83 bits per heavy atom. The Hall–Kier alpha value is -1.76. The molecule has 0 bridgehead atoms. The average Bonchev–Trinajstić information content (AvgIpc) is 3.17. The topological polar surface area (TPSA) is 74.1 Å². The molecule has 1 fully saturated rings. The van der Waals surface area contributed by atoms with Crippen molar-refractivity contribution in [1.29, 1.82) is 0 Å². The lowest BCUT2D eigenvalue weighted by molar-refractivity contribution is -0.149. The van der Waals surface area contributed by atoms with Gasteiger partial charge >= 0.3 is 5.97 Å². The van der Waals surface area contributed by atoms with Crippen LogP contribution in [0.2, 0.25) is 0 Å². The molecule has 7 heteroatoms. The van der Waals surface area contributed by atoms with E-state index in [2.05, 4.69) is 10.3 Å². The Morgan fingerprint density at radius 1 is 1.22 bits per heavy atom. The summed E-state index contributed by atoms with van der Waals surface area (Å²) in [6, 6.07) is 0. The van der Waals surface area contributed by atoms with Crippen LogP contribution in [0, 0.1) is 0 Å². The number of rotatable bonds is 3. The summed E-state index contributed by atoms with van der Waals surface area (Å²) < 4.78 is 6.57. The van der Waals surface area contributed by atoms with Gasteiger partial charge in [-0.15, -0.1) is 16.4 Å². The molecule has 1 saturated carbocycles. The SMILES string of the molecule is O=C(Cn1nnc2sc3c(c2c1=O)CCCC3)OC1CCCC1. The second kappa shape index (κ2) is 6.03. The molecule has 0 saturated heterocycles. The monoisotopic (exact) mass is 333 g/mol. The summed E-state index contributed by atoms with van der Waals surface area (Å²) in [5.41, 5.74) is 0.909. The second-order valence-corrected chi connectivity index (χ2v) is 7.42. The number of fused-ring (bicyclic) bond motifs is 3. The largest absolute Gasteiger partial charge is 0.461 e. The minimum atomic E-state index is -0.392. The number of ether oxygens (including phenoxy) is 1. The molecule has 0 spiro atoms. The number of esters is 1. The van der Waals surface area contributed by atoms with Crippen LogP contribution >= 0.6 is 11.3 Å². The van der Waals surface area contributed by atoms with Crippen LogP contribution in [0.3, 0.4) is 0 Å². The van der Waals surface area contributed by atoms with Gasteiger partial charge < -0.3 is 4.74 Å². The Labute approximate surface area is 137 Å². The summed E-state index contributed by atoms with van der Waals surface area (Å²) in [7, 11) is 0. The van der Waals surface area contributed by atoms with Gasteiger partial charge in [-0.25, -0.2) is 0 Å². The first-order valence-corrected chi connectivity index (χ1v) is 9.11. The molecule has 0 amide bonds. The summed E-state index contributed by atoms with van der Waals surface area (Å²) in [5.74, 6) is -0.392. The quantitative estimate of drug-likeness (QED) is 0.805. The summed E-state index contributed by atoms with van der Waals surface area (Å²) in [5, 5.41) is 8.74. The first-order chi connectivity index (χ1) is 11.2. The molecule has 2 aromatic rings. The van der Waals surface area contributed by atoms with Gasteiger partial charge in [0.2, 0.25) is 0 Å². The third-order valence-electron chi connectivity index (χ3n) is 4.72. The summed E-state index contributed by atoms with van der Waals surface area (Å²) in [6.45, 7) is -0.150. The van der Waals surface area contributed by atoms with E-state index in [1.807, 2.05) is 0 Å². The van der Waals surface area contributed by atoms with E-state index in [1.54, 1.807) is 11.3 Å². The molecule has 0 atom stereocenters. The van der Waals surface area contributed by atoms with E-state index in [9.17, 15) is 9.59 Å². The molecule has 0 unspecified atom stereocenters. The molecule has 2 aromatic heterocycles. The zero-order valence-electron chi connectivity index (χ0n) is 12.9. The van der Waals surface area contributed by atoms with Crippen LogP contribution in [0.1, 0.15) is 49.0 Å². The molecule has 2 aliphatic carbocycles. The Balaban J connectivity index is 1.61. The van der Waals surface area contributed by atoms with E-state index >= 15 is 0 Å². The highest BCUT2D eigenvalue weighted by molar-refractivity contribution is 7.18. The first kappa shape index (κ1) is 14.8. The second-order valence-electron chi connectivity index (χ2n) is 6.34. The summed E-state index contributed by atoms with van der Waals surface area (Å²) in [6.07, 6.45) is 8.24. The van der Waals surface area contributed by atoms with Gasteiger partial charge in [0.05, 0.1) is 5.39 Å². The summed E-state index contributed by atoms with van der Waals surface area (Å²) in [4.78, 5) is 26.7. The number of hydrogen-bond donors (Lipinski definition) is 0. The van der Waals surface area contributed by atoms with Gasteiger partial charge in [-0.2, -0.15) is 4.68 Å². The van der Waals surface area contributed by atoms with E-state index in [4.69, 9.17) is 4.74 Å². The van der Waals surface area contributed by atoms with Crippen molar-refractivity contribution in [2.45, 2.75) is 64.0 Å². The fourth-order valence-corrected chi connectivity index (χ4v) is 4.76. The van der Waals surface area contributed by atoms with Crippen LogP contribution in [-0.2, 0) is 28.9 Å². The van der Waals surface area contributed by atoms with Gasteiger partial charge in [0, 0.05) is 4.88 Å². The Kier molecular flexibility index (Phi) is 3.88. The smallest absolute Gasteiger partial charge is 0.328 e. The minimum absolute atomic E-state index is 0.00352. The van der Waals surface area contributed by atoms with Gasteiger partial charge in [0.25, 0.3) is 5.56 Å². The van der Waals surface area contributed by atoms with Crippen molar-refractivity contribution in [3.63, 3.8) is 0 Å². The number of hydrogen-bond acceptors (Lipinski definition) is 6. The van der Waals surface area contributed by atoms with E-state index in [1.165, 1.54) is 4.88 Å². The lowest BCUT2D eigenvalue weighted by Gasteiger charge is -2.12. The average molecular weight is 333 g/mol. The third kappa shape index (κ3) is 2.78. The predicted molar refractivity (Wildman–Crippen MR) is 86.7 cm³/mol. The van der Waals surface area contributed by atoms with Crippen LogP contribution in [-0.4, -0.2) is 27.1 Å². The zero-order valence-corrected chi connectivity index (χ0v) is 13.7. The van der Waals surface area contributed by atoms with Crippen molar-refractivity contribution in [1.82, 2.24) is 15.0 Å². The standard InChI is InChI=1S/C16H19N3O3S/c20-13(22-10-5-1-2-6-10)9-19-16(21)14-11-7-3-4-8-12(11)23-15(14)17-18-19/h10H,1-9H2. The van der Waals surface area contributed by atoms with Gasteiger partial charge in [0.1, 0.15) is 12.6 Å². The number of carbonyl (C=O) groups is 1. The van der Waals surface area contributed by atoms with Gasteiger partial charge in [-0.3, -0.25) is 9.59 Å². The van der Waals surface area contributed by atoms with E-state index < -0.39 is 5.97 Å². The van der Waals surface area contributed by atoms with Gasteiger partial charge in [0.15, 0.2) is 4.83 Å². The molecule has 4 rings (SSSR count). The number of thiophene rings is 1. The maximum atomic E-state index is 12.7. The van der Waals surface area contributed by atoms with Crippen LogP contribution in [0.4, 0.5) is 0 Å². The van der Waals surface area contributed by atoms with Crippen LogP contribution < -0.4 is 5.56 Å². The molecular weight excluding hydrogens is 314 g/mol. The van der Waals surface area contributed by atoms with Crippen molar-refractivity contribution >= 4 is 27.5 Å². The van der Waals surface area contributed by atoms with Crippen LogP contribution in [0.15, 0.2) is 4.79 Å². The van der Waals surface area contributed by atoms with Crippen molar-refractivity contribution in [3.8, 4) is 0 Å². The lowest BCUT2D eigenvalue weighted by atomic mass is 9.97. The van der Waals surface area contributed by atoms with Crippen molar-refractivity contribution in [2.75, 3.05) is 0 Å². The molecule has 2 aliphatic rings. The third-order valence-corrected chi connectivity index (χ3v) is 5.90. The number of aromatic nitrogens is 3. The molecule has 6 nitrogen and oxygen atoms in total. The van der Waals surface area contributed by atoms with Gasteiger partial charge in [-0.05, 0) is 56.9 Å². The molecule has 2 heterocycles. The zero-order chi connectivity index (χ0) is 15.8. The van der Waals surface area contributed by atoms with Crippen LogP contribution in [0.25, 0.3) is 10.2 Å². The van der Waals surface area contributed by atoms with E-state index in [0.717, 1.165) is 61.6 Å². The van der Waals surface area contributed by atoms with Crippen molar-refractivity contribution in [2.24, 2.45) is 0 Å². The first-order valence-electron chi connectivity index (χ1n) is 8.30. The highest BCUT2D eigenvalue weighted by atomic mass is 32.1. The molecular formula is C16H19N3O3S. The molecule has 23 heavy (non-hydrogen) atoms. The van der Waals surface area contributed by atoms with E-state index in [0.29, 0.717) is 10.2 Å². The Bertz CT molecular complexity index is 805. The van der Waals surface area contributed by atoms with E-state index in [-0.39, 0.29) is 18.2 Å². The molecule has 0 radical (unpaired) electrons.